The molecule has 0 spiro atoms. The Hall–Kier alpha value is -1.56. The third kappa shape index (κ3) is 4.97. The van der Waals surface area contributed by atoms with Gasteiger partial charge in [-0.15, -0.1) is 11.3 Å². The van der Waals surface area contributed by atoms with Gasteiger partial charge in [0.15, 0.2) is 5.13 Å². The Kier molecular flexibility index (Phi) is 6.49. The molecule has 2 heterocycles. The van der Waals surface area contributed by atoms with E-state index in [2.05, 4.69) is 10.3 Å². The van der Waals surface area contributed by atoms with Crippen LogP contribution in [0.25, 0.3) is 0 Å². The molecule has 0 atom stereocenters. The largest absolute Gasteiger partial charge is 0.466 e. The van der Waals surface area contributed by atoms with Gasteiger partial charge in [0.25, 0.3) is 10.2 Å². The lowest BCUT2D eigenvalue weighted by Gasteiger charge is -2.27. The summed E-state index contributed by atoms with van der Waals surface area (Å²) in [7, 11) is -0.488. The number of nitrogens with one attached hydrogen (secondary N) is 1. The molecule has 1 aliphatic heterocycles. The summed E-state index contributed by atoms with van der Waals surface area (Å²) in [6.45, 7) is 2.59. The minimum atomic E-state index is -3.47. The van der Waals surface area contributed by atoms with Crippen molar-refractivity contribution in [3.05, 3.63) is 10.6 Å². The molecule has 1 aromatic rings. The molecule has 1 N–H and O–H groups in total. The van der Waals surface area contributed by atoms with Crippen LogP contribution in [0.2, 0.25) is 0 Å². The van der Waals surface area contributed by atoms with Gasteiger partial charge < -0.3 is 10.1 Å². The van der Waals surface area contributed by atoms with Crippen LogP contribution < -0.4 is 5.32 Å². The number of carbonyl (C=O) groups is 2. The Morgan fingerprint density at radius 1 is 1.36 bits per heavy atom. The molecule has 9 nitrogen and oxygen atoms in total. The monoisotopic (exact) mass is 390 g/mol. The number of anilines is 1. The average molecular weight is 390 g/mol. The van der Waals surface area contributed by atoms with Crippen molar-refractivity contribution in [3.63, 3.8) is 0 Å². The van der Waals surface area contributed by atoms with Crippen molar-refractivity contribution in [1.29, 1.82) is 0 Å². The van der Waals surface area contributed by atoms with Crippen LogP contribution in [0.5, 0.6) is 0 Å². The lowest BCUT2D eigenvalue weighted by atomic mass is 10.2. The van der Waals surface area contributed by atoms with Crippen molar-refractivity contribution in [2.75, 3.05) is 32.6 Å². The number of esters is 1. The quantitative estimate of drug-likeness (QED) is 0.683. The lowest BCUT2D eigenvalue weighted by molar-refractivity contribution is -0.144. The van der Waals surface area contributed by atoms with Crippen LogP contribution in [0.3, 0.4) is 0 Å². The zero-order valence-electron chi connectivity index (χ0n) is 14.4. The Balaban J connectivity index is 1.96. The van der Waals surface area contributed by atoms with Crippen LogP contribution in [0, 0.1) is 0 Å². The molecule has 1 amide bonds. The minimum absolute atomic E-state index is 0.0135. The Morgan fingerprint density at radius 3 is 2.72 bits per heavy atom. The second-order valence-corrected chi connectivity index (χ2v) is 8.84. The number of ether oxygens (including phenoxy) is 1. The molecule has 25 heavy (non-hydrogen) atoms. The molecule has 0 saturated carbocycles. The number of hydrogen-bond acceptors (Lipinski definition) is 7. The number of carbonyl (C=O) groups excluding carboxylic acids is 2. The second-order valence-electron chi connectivity index (χ2n) is 5.62. The average Bonchev–Trinajstić information content (AvgIpc) is 2.94. The summed E-state index contributed by atoms with van der Waals surface area (Å²) in [5.41, 5.74) is 0.802. The van der Waals surface area contributed by atoms with Crippen LogP contribution in [0.1, 0.15) is 30.3 Å². The summed E-state index contributed by atoms with van der Waals surface area (Å²) in [6.07, 6.45) is 0.529. The zero-order valence-corrected chi connectivity index (χ0v) is 16.1. The smallest absolute Gasteiger partial charge is 0.306 e. The van der Waals surface area contributed by atoms with E-state index in [9.17, 15) is 18.0 Å². The van der Waals surface area contributed by atoms with Crippen LogP contribution >= 0.6 is 11.3 Å². The van der Waals surface area contributed by atoms with E-state index in [-0.39, 0.29) is 31.9 Å². The number of rotatable bonds is 7. The van der Waals surface area contributed by atoms with Gasteiger partial charge in [-0.2, -0.15) is 17.0 Å². The summed E-state index contributed by atoms with van der Waals surface area (Å²) >= 11 is 1.26. The highest BCUT2D eigenvalue weighted by molar-refractivity contribution is 7.86. The highest BCUT2D eigenvalue weighted by atomic mass is 32.2. The SMILES string of the molecule is CCOC(=O)CCC(=O)Nc1nc2c(s1)CN(S(=O)(=O)N(C)C)CC2. The van der Waals surface area contributed by atoms with Crippen molar-refractivity contribution in [2.24, 2.45) is 0 Å². The standard InChI is InChI=1S/C14H22N4O5S2/c1-4-23-13(20)6-5-12(19)16-14-15-10-7-8-18(9-11(10)24-14)25(21,22)17(2)3/h4-9H2,1-3H3,(H,15,16,19). The van der Waals surface area contributed by atoms with Crippen LogP contribution in [0.4, 0.5) is 5.13 Å². The number of hydrogen-bond donors (Lipinski definition) is 1. The molecular weight excluding hydrogens is 368 g/mol. The molecule has 1 aliphatic rings. The minimum Gasteiger partial charge on any atom is -0.466 e. The van der Waals surface area contributed by atoms with Gasteiger partial charge in [0.2, 0.25) is 5.91 Å². The molecule has 0 aliphatic carbocycles. The number of thiazole rings is 1. The summed E-state index contributed by atoms with van der Waals surface area (Å²) in [5.74, 6) is -0.738. The molecule has 0 bridgehead atoms. The van der Waals surface area contributed by atoms with Crippen molar-refractivity contribution in [1.82, 2.24) is 13.6 Å². The van der Waals surface area contributed by atoms with E-state index >= 15 is 0 Å². The van der Waals surface area contributed by atoms with E-state index < -0.39 is 16.2 Å². The molecular formula is C14H22N4O5S2. The molecule has 140 valence electrons. The maximum atomic E-state index is 12.2. The van der Waals surface area contributed by atoms with Gasteiger partial charge in [-0.05, 0) is 6.92 Å². The van der Waals surface area contributed by atoms with Gasteiger partial charge in [0.05, 0.1) is 25.3 Å². The predicted octanol–water partition coefficient (Wildman–Crippen LogP) is 0.589. The van der Waals surface area contributed by atoms with Crippen molar-refractivity contribution < 1.29 is 22.7 Å². The summed E-state index contributed by atoms with van der Waals surface area (Å²) < 4.78 is 31.7. The predicted molar refractivity (Wildman–Crippen MR) is 93.3 cm³/mol. The van der Waals surface area contributed by atoms with Gasteiger partial charge in [-0.25, -0.2) is 4.98 Å². The summed E-state index contributed by atoms with van der Waals surface area (Å²) in [6, 6.07) is 0. The maximum Gasteiger partial charge on any atom is 0.306 e. The first-order valence-corrected chi connectivity index (χ1v) is 10.1. The van der Waals surface area contributed by atoms with Crippen LogP contribution in [-0.2, 0) is 37.5 Å². The highest BCUT2D eigenvalue weighted by Gasteiger charge is 2.30. The van der Waals surface area contributed by atoms with E-state index in [0.717, 1.165) is 10.6 Å². The summed E-state index contributed by atoms with van der Waals surface area (Å²) in [5, 5.41) is 3.07. The van der Waals surface area contributed by atoms with Gasteiger partial charge in [-0.1, -0.05) is 0 Å². The first-order valence-electron chi connectivity index (χ1n) is 7.85. The first-order chi connectivity index (χ1) is 11.7. The Morgan fingerprint density at radius 2 is 2.08 bits per heavy atom. The van der Waals surface area contributed by atoms with Crippen LogP contribution in [-0.4, -0.2) is 61.1 Å². The molecule has 0 saturated heterocycles. The van der Waals surface area contributed by atoms with Crippen molar-refractivity contribution in [2.45, 2.75) is 32.7 Å². The highest BCUT2D eigenvalue weighted by Crippen LogP contribution is 2.29. The van der Waals surface area contributed by atoms with Crippen molar-refractivity contribution in [3.8, 4) is 0 Å². The number of nitrogens with zero attached hydrogens (tertiary/aromatic N) is 3. The van der Waals surface area contributed by atoms with E-state index in [1.54, 1.807) is 6.92 Å². The molecule has 0 radical (unpaired) electrons. The fraction of sp³-hybridized carbons (Fsp3) is 0.643. The molecule has 2 rings (SSSR count). The molecule has 1 aromatic heterocycles. The summed E-state index contributed by atoms with van der Waals surface area (Å²) in [4.78, 5) is 28.3. The second kappa shape index (κ2) is 8.21. The van der Waals surface area contributed by atoms with Gasteiger partial charge >= 0.3 is 5.97 Å². The normalized spacial score (nSPS) is 15.0. The molecule has 11 heteroatoms. The Bertz CT molecular complexity index is 744. The fourth-order valence-electron chi connectivity index (χ4n) is 2.28. The third-order valence-corrected chi connectivity index (χ3v) is 6.48. The van der Waals surface area contributed by atoms with Gasteiger partial charge in [-0.3, -0.25) is 9.59 Å². The van der Waals surface area contributed by atoms with E-state index in [1.165, 1.54) is 34.0 Å². The molecule has 0 fully saturated rings. The number of amides is 1. The first kappa shape index (κ1) is 19.8. The van der Waals surface area contributed by atoms with E-state index in [1.807, 2.05) is 0 Å². The molecule has 0 unspecified atom stereocenters. The number of fused-ring (bicyclic) bond motifs is 1. The third-order valence-electron chi connectivity index (χ3n) is 3.59. The van der Waals surface area contributed by atoms with Gasteiger partial charge in [0, 0.05) is 38.4 Å². The topological polar surface area (TPSA) is 109 Å². The van der Waals surface area contributed by atoms with Crippen LogP contribution in [0.15, 0.2) is 0 Å². The maximum absolute atomic E-state index is 12.2. The van der Waals surface area contributed by atoms with E-state index in [4.69, 9.17) is 4.74 Å². The molecule has 0 aromatic carbocycles. The Labute approximate surface area is 151 Å². The van der Waals surface area contributed by atoms with Gasteiger partial charge in [0.1, 0.15) is 0 Å². The van der Waals surface area contributed by atoms with E-state index in [0.29, 0.717) is 18.1 Å². The zero-order chi connectivity index (χ0) is 18.6. The van der Waals surface area contributed by atoms with Crippen molar-refractivity contribution >= 4 is 38.6 Å². The number of aromatic nitrogens is 1. The lowest BCUT2D eigenvalue weighted by Crippen LogP contribution is -2.42. The fourth-order valence-corrected chi connectivity index (χ4v) is 4.48.